The Morgan fingerprint density at radius 1 is 1.25 bits per heavy atom. The molecule has 0 aliphatic carbocycles. The number of ether oxygens (including phenoxy) is 2. The number of hydrogen-bond acceptors (Lipinski definition) is 8. The highest BCUT2D eigenvalue weighted by atomic mass is 32.2. The van der Waals surface area contributed by atoms with E-state index in [1.54, 1.807) is 24.9 Å². The monoisotopic (exact) mass is 455 g/mol. The molecule has 10 heteroatoms. The van der Waals surface area contributed by atoms with Gasteiger partial charge in [0.05, 0.1) is 31.1 Å². The van der Waals surface area contributed by atoms with E-state index < -0.39 is 0 Å². The van der Waals surface area contributed by atoms with Gasteiger partial charge in [-0.1, -0.05) is 29.9 Å². The molecular formula is C22H25N5O4S. The molecule has 4 aromatic rings. The van der Waals surface area contributed by atoms with E-state index in [4.69, 9.17) is 19.0 Å². The normalized spacial score (nSPS) is 12.3. The summed E-state index contributed by atoms with van der Waals surface area (Å²) in [5, 5.41) is 4.72. The number of rotatable bonds is 8. The largest absolute Gasteiger partial charge is 0.493 e. The molecule has 0 spiro atoms. The predicted octanol–water partition coefficient (Wildman–Crippen LogP) is 4.36. The Balaban J connectivity index is 1.64. The summed E-state index contributed by atoms with van der Waals surface area (Å²) in [5.41, 5.74) is 2.67. The quantitative estimate of drug-likeness (QED) is 0.308. The first-order valence-corrected chi connectivity index (χ1v) is 11.2. The topological polar surface area (TPSA) is 108 Å². The minimum Gasteiger partial charge on any atom is -0.493 e. The molecule has 0 fully saturated rings. The molecule has 0 radical (unpaired) electrons. The zero-order valence-electron chi connectivity index (χ0n) is 18.6. The Hall–Kier alpha value is -3.27. The number of fused-ring (bicyclic) bond motifs is 1. The van der Waals surface area contributed by atoms with Crippen molar-refractivity contribution in [2.45, 2.75) is 44.1 Å². The van der Waals surface area contributed by atoms with E-state index in [0.717, 1.165) is 12.1 Å². The molecule has 1 N–H and O–H groups in total. The van der Waals surface area contributed by atoms with Crippen molar-refractivity contribution in [2.24, 2.45) is 0 Å². The minimum absolute atomic E-state index is 0.00444. The van der Waals surface area contributed by atoms with Crippen LogP contribution in [0.15, 0.2) is 38.7 Å². The van der Waals surface area contributed by atoms with Crippen LogP contribution in [0.4, 0.5) is 0 Å². The standard InChI is InChI=1S/C22H25N5O4S/c1-6-13(3)27-21(28)18-15(10-12(2)23-18)24-22(27)32-11-17-25-20(26-31-17)14-8-7-9-16(29-4)19(14)30-5/h7-10,13,23H,6,11H2,1-5H3. The van der Waals surface area contributed by atoms with Crippen LogP contribution in [-0.4, -0.2) is 38.9 Å². The van der Waals surface area contributed by atoms with E-state index in [0.29, 0.717) is 50.7 Å². The van der Waals surface area contributed by atoms with Crippen molar-refractivity contribution in [3.05, 3.63) is 46.2 Å². The summed E-state index contributed by atoms with van der Waals surface area (Å²) in [5.74, 6) is 2.32. The van der Waals surface area contributed by atoms with Crippen molar-refractivity contribution in [1.82, 2.24) is 24.7 Å². The third-order valence-corrected chi connectivity index (χ3v) is 6.19. The van der Waals surface area contributed by atoms with Gasteiger partial charge in [0, 0.05) is 11.7 Å². The molecule has 0 amide bonds. The van der Waals surface area contributed by atoms with E-state index in [-0.39, 0.29) is 11.6 Å². The molecule has 1 aromatic carbocycles. The van der Waals surface area contributed by atoms with Crippen LogP contribution in [-0.2, 0) is 5.75 Å². The molecule has 0 aliphatic rings. The number of aryl methyl sites for hydroxylation is 1. The van der Waals surface area contributed by atoms with Crippen molar-refractivity contribution < 1.29 is 14.0 Å². The van der Waals surface area contributed by atoms with Crippen molar-refractivity contribution in [1.29, 1.82) is 0 Å². The smallest absolute Gasteiger partial charge is 0.278 e. The molecule has 3 aromatic heterocycles. The Morgan fingerprint density at radius 2 is 2.06 bits per heavy atom. The van der Waals surface area contributed by atoms with E-state index in [1.165, 1.54) is 11.8 Å². The number of para-hydroxylation sites is 1. The fourth-order valence-electron chi connectivity index (χ4n) is 3.48. The van der Waals surface area contributed by atoms with Gasteiger partial charge in [0.1, 0.15) is 5.52 Å². The van der Waals surface area contributed by atoms with Gasteiger partial charge in [-0.3, -0.25) is 9.36 Å². The number of thioether (sulfide) groups is 1. The van der Waals surface area contributed by atoms with Gasteiger partial charge >= 0.3 is 0 Å². The van der Waals surface area contributed by atoms with E-state index in [1.807, 2.05) is 39.0 Å². The highest BCUT2D eigenvalue weighted by Crippen LogP contribution is 2.36. The molecule has 9 nitrogen and oxygen atoms in total. The molecule has 0 saturated carbocycles. The highest BCUT2D eigenvalue weighted by molar-refractivity contribution is 7.98. The van der Waals surface area contributed by atoms with Gasteiger partial charge in [0.15, 0.2) is 16.7 Å². The third kappa shape index (κ3) is 3.97. The summed E-state index contributed by atoms with van der Waals surface area (Å²) in [7, 11) is 3.14. The van der Waals surface area contributed by atoms with Gasteiger partial charge < -0.3 is 19.0 Å². The van der Waals surface area contributed by atoms with Crippen molar-refractivity contribution >= 4 is 22.8 Å². The molecule has 32 heavy (non-hydrogen) atoms. The molecule has 0 aliphatic heterocycles. The summed E-state index contributed by atoms with van der Waals surface area (Å²) in [6, 6.07) is 7.36. The summed E-state index contributed by atoms with van der Waals surface area (Å²) in [4.78, 5) is 25.4. The molecule has 0 bridgehead atoms. The lowest BCUT2D eigenvalue weighted by molar-refractivity contribution is 0.355. The Labute approximate surface area is 189 Å². The van der Waals surface area contributed by atoms with Gasteiger partial charge in [0.25, 0.3) is 5.56 Å². The van der Waals surface area contributed by atoms with Crippen LogP contribution >= 0.6 is 11.8 Å². The van der Waals surface area contributed by atoms with Crippen LogP contribution in [0.25, 0.3) is 22.4 Å². The third-order valence-electron chi connectivity index (χ3n) is 5.25. The van der Waals surface area contributed by atoms with Crippen molar-refractivity contribution in [3.63, 3.8) is 0 Å². The van der Waals surface area contributed by atoms with Crippen LogP contribution in [0.5, 0.6) is 11.5 Å². The lowest BCUT2D eigenvalue weighted by Crippen LogP contribution is -2.26. The molecule has 0 saturated heterocycles. The first kappa shape index (κ1) is 21.9. The molecule has 1 atom stereocenters. The number of benzene rings is 1. The van der Waals surface area contributed by atoms with Crippen LogP contribution in [0, 0.1) is 6.92 Å². The van der Waals surface area contributed by atoms with E-state index >= 15 is 0 Å². The first-order valence-electron chi connectivity index (χ1n) is 10.2. The van der Waals surface area contributed by atoms with Gasteiger partial charge in [-0.25, -0.2) is 4.98 Å². The molecular weight excluding hydrogens is 430 g/mol. The van der Waals surface area contributed by atoms with Gasteiger partial charge in [0.2, 0.25) is 11.7 Å². The second-order valence-corrected chi connectivity index (χ2v) is 8.32. The average molecular weight is 456 g/mol. The van der Waals surface area contributed by atoms with Crippen LogP contribution in [0.2, 0.25) is 0 Å². The lowest BCUT2D eigenvalue weighted by atomic mass is 10.2. The maximum absolute atomic E-state index is 13.1. The second kappa shape index (κ2) is 9.07. The predicted molar refractivity (Wildman–Crippen MR) is 122 cm³/mol. The summed E-state index contributed by atoms with van der Waals surface area (Å²) in [6.07, 6.45) is 0.806. The highest BCUT2D eigenvalue weighted by Gasteiger charge is 2.20. The van der Waals surface area contributed by atoms with Crippen LogP contribution in [0.1, 0.15) is 37.9 Å². The number of nitrogens with one attached hydrogen (secondary N) is 1. The lowest BCUT2D eigenvalue weighted by Gasteiger charge is -2.16. The number of methoxy groups -OCH3 is 2. The summed E-state index contributed by atoms with van der Waals surface area (Å²) in [6.45, 7) is 5.96. The number of aromatic amines is 1. The first-order chi connectivity index (χ1) is 15.5. The van der Waals surface area contributed by atoms with E-state index in [2.05, 4.69) is 15.1 Å². The molecule has 4 rings (SSSR count). The summed E-state index contributed by atoms with van der Waals surface area (Å²) >= 11 is 1.39. The van der Waals surface area contributed by atoms with Gasteiger partial charge in [-0.05, 0) is 38.5 Å². The van der Waals surface area contributed by atoms with Crippen LogP contribution < -0.4 is 15.0 Å². The summed E-state index contributed by atoms with van der Waals surface area (Å²) < 4.78 is 18.0. The Morgan fingerprint density at radius 3 is 2.78 bits per heavy atom. The Bertz CT molecular complexity index is 1310. The number of nitrogens with zero attached hydrogens (tertiary/aromatic N) is 4. The molecule has 168 valence electrons. The van der Waals surface area contributed by atoms with E-state index in [9.17, 15) is 4.79 Å². The number of hydrogen-bond donors (Lipinski definition) is 1. The molecule has 1 unspecified atom stereocenters. The maximum atomic E-state index is 13.1. The zero-order chi connectivity index (χ0) is 22.8. The average Bonchev–Trinajstić information content (AvgIpc) is 3.42. The van der Waals surface area contributed by atoms with Crippen molar-refractivity contribution in [2.75, 3.05) is 14.2 Å². The van der Waals surface area contributed by atoms with Gasteiger partial charge in [-0.2, -0.15) is 4.98 Å². The Kier molecular flexibility index (Phi) is 6.22. The van der Waals surface area contributed by atoms with Crippen molar-refractivity contribution in [3.8, 4) is 22.9 Å². The SMILES string of the molecule is CCC(C)n1c(SCc2nc(-c3cccc(OC)c3OC)no2)nc2cc(C)[nH]c2c1=O. The fourth-order valence-corrected chi connectivity index (χ4v) is 4.41. The van der Waals surface area contributed by atoms with Crippen LogP contribution in [0.3, 0.4) is 0 Å². The molecule has 3 heterocycles. The maximum Gasteiger partial charge on any atom is 0.278 e. The zero-order valence-corrected chi connectivity index (χ0v) is 19.4. The number of aromatic nitrogens is 5. The second-order valence-electron chi connectivity index (χ2n) is 7.38. The minimum atomic E-state index is -0.0766. The van der Waals surface area contributed by atoms with Gasteiger partial charge in [-0.15, -0.1) is 0 Å². The fraction of sp³-hybridized carbons (Fsp3) is 0.364. The number of H-pyrrole nitrogens is 1.